The second-order valence-corrected chi connectivity index (χ2v) is 2.16. The summed E-state index contributed by atoms with van der Waals surface area (Å²) in [6.07, 6.45) is 3.20. The number of allylic oxidation sites excluding steroid dienone is 1. The van der Waals surface area contributed by atoms with Crippen molar-refractivity contribution in [2.24, 2.45) is 0 Å². The maximum absolute atomic E-state index is 2.99. The molecule has 0 aliphatic heterocycles. The van der Waals surface area contributed by atoms with E-state index in [1.165, 1.54) is 5.57 Å². The molecular weight excluding hydrogens is 136 g/mol. The highest BCUT2D eigenvalue weighted by Gasteiger charge is 1.85. The van der Waals surface area contributed by atoms with Crippen molar-refractivity contribution in [2.45, 2.75) is 34.1 Å². The van der Waals surface area contributed by atoms with Gasteiger partial charge in [0.25, 0.3) is 0 Å². The summed E-state index contributed by atoms with van der Waals surface area (Å²) in [5, 5.41) is 1.94. The second kappa shape index (κ2) is 9.50. The lowest BCUT2D eigenvalue weighted by atomic mass is 10.3. The Balaban J connectivity index is 0. The maximum Gasteiger partial charge on any atom is 0.0225 e. The molecule has 0 unspecified atom stereocenters. The van der Waals surface area contributed by atoms with E-state index >= 15 is 0 Å². The van der Waals surface area contributed by atoms with Crippen molar-refractivity contribution in [3.05, 3.63) is 11.8 Å². The summed E-state index contributed by atoms with van der Waals surface area (Å²) in [5.74, 6) is 0. The molecule has 0 spiro atoms. The predicted octanol–water partition coefficient (Wildman–Crippen LogP) is 2.39. The number of rotatable bonds is 3. The van der Waals surface area contributed by atoms with Crippen LogP contribution in [0.25, 0.3) is 0 Å². The van der Waals surface area contributed by atoms with E-state index in [0.29, 0.717) is 0 Å². The number of hydrogen-bond acceptors (Lipinski definition) is 2. The van der Waals surface area contributed by atoms with Gasteiger partial charge in [-0.05, 0) is 13.3 Å². The molecule has 0 rings (SSSR count). The predicted molar refractivity (Wildman–Crippen MR) is 52.2 cm³/mol. The van der Waals surface area contributed by atoms with Gasteiger partial charge in [-0.25, -0.2) is 5.43 Å². The van der Waals surface area contributed by atoms with Crippen molar-refractivity contribution in [3.63, 3.8) is 0 Å². The zero-order valence-electron chi connectivity index (χ0n) is 8.73. The van der Waals surface area contributed by atoms with Gasteiger partial charge in [-0.2, -0.15) is 0 Å². The Kier molecular flexibility index (Phi) is 11.3. The first kappa shape index (κ1) is 13.1. The van der Waals surface area contributed by atoms with E-state index in [1.807, 2.05) is 33.0 Å². The summed E-state index contributed by atoms with van der Waals surface area (Å²) in [6.45, 7) is 8.27. The summed E-state index contributed by atoms with van der Waals surface area (Å²) in [6, 6.07) is 0. The normalized spacial score (nSPS) is 10.2. The average Bonchev–Trinajstić information content (AvgIpc) is 2.07. The summed E-state index contributed by atoms with van der Waals surface area (Å²) in [5.41, 5.74) is 4.37. The van der Waals surface area contributed by atoms with Crippen molar-refractivity contribution in [1.82, 2.24) is 10.4 Å². The third-order valence-electron chi connectivity index (χ3n) is 1.32. The molecule has 0 aliphatic rings. The molecule has 0 fully saturated rings. The van der Waals surface area contributed by atoms with Crippen LogP contribution in [0.1, 0.15) is 34.1 Å². The fraction of sp³-hybridized carbons (Fsp3) is 0.778. The first-order valence-corrected chi connectivity index (χ1v) is 4.28. The molecule has 0 aromatic carbocycles. The fourth-order valence-electron chi connectivity index (χ4n) is 0.486. The third kappa shape index (κ3) is 9.50. The van der Waals surface area contributed by atoms with Crippen LogP contribution >= 0.6 is 0 Å². The zero-order valence-corrected chi connectivity index (χ0v) is 8.73. The Morgan fingerprint density at radius 3 is 2.18 bits per heavy atom. The van der Waals surface area contributed by atoms with Crippen LogP contribution in [0.5, 0.6) is 0 Å². The number of nitrogens with one attached hydrogen (secondary N) is 1. The number of nitrogens with zero attached hydrogens (tertiary/aromatic N) is 1. The van der Waals surface area contributed by atoms with E-state index in [2.05, 4.69) is 25.5 Å². The molecule has 0 amide bonds. The highest BCUT2D eigenvalue weighted by Crippen LogP contribution is 1.96. The molecule has 0 aliphatic carbocycles. The molecule has 0 atom stereocenters. The molecule has 0 heterocycles. The second-order valence-electron chi connectivity index (χ2n) is 2.16. The summed E-state index contributed by atoms with van der Waals surface area (Å²) in [7, 11) is 3.89. The highest BCUT2D eigenvalue weighted by molar-refractivity contribution is 4.94. The van der Waals surface area contributed by atoms with Crippen LogP contribution in [0.4, 0.5) is 0 Å². The molecule has 0 aromatic rings. The molecule has 0 saturated heterocycles. The lowest BCUT2D eigenvalue weighted by Crippen LogP contribution is -2.25. The van der Waals surface area contributed by atoms with Gasteiger partial charge >= 0.3 is 0 Å². The van der Waals surface area contributed by atoms with Crippen molar-refractivity contribution in [3.8, 4) is 0 Å². The minimum absolute atomic E-state index is 1.12. The Morgan fingerprint density at radius 2 is 1.91 bits per heavy atom. The van der Waals surface area contributed by atoms with E-state index in [-0.39, 0.29) is 0 Å². The topological polar surface area (TPSA) is 15.3 Å². The summed E-state index contributed by atoms with van der Waals surface area (Å²) in [4.78, 5) is 0. The molecule has 0 radical (unpaired) electrons. The molecule has 68 valence electrons. The summed E-state index contributed by atoms with van der Waals surface area (Å²) >= 11 is 0. The minimum Gasteiger partial charge on any atom is -0.319 e. The van der Waals surface area contributed by atoms with Gasteiger partial charge in [-0.1, -0.05) is 26.3 Å². The van der Waals surface area contributed by atoms with Crippen molar-refractivity contribution < 1.29 is 0 Å². The monoisotopic (exact) mass is 158 g/mol. The lowest BCUT2D eigenvalue weighted by Gasteiger charge is -2.12. The molecule has 2 nitrogen and oxygen atoms in total. The molecule has 0 bridgehead atoms. The van der Waals surface area contributed by atoms with Gasteiger partial charge in [0.15, 0.2) is 0 Å². The number of hydrogen-bond donors (Lipinski definition) is 1. The highest BCUT2D eigenvalue weighted by atomic mass is 15.5. The van der Waals surface area contributed by atoms with Crippen LogP contribution in [0.2, 0.25) is 0 Å². The van der Waals surface area contributed by atoms with Crippen molar-refractivity contribution in [1.29, 1.82) is 0 Å². The van der Waals surface area contributed by atoms with Crippen LogP contribution in [0.3, 0.4) is 0 Å². The Bertz CT molecular complexity index is 97.7. The van der Waals surface area contributed by atoms with E-state index in [9.17, 15) is 0 Å². The van der Waals surface area contributed by atoms with Gasteiger partial charge in [0.1, 0.15) is 0 Å². The standard InChI is InChI=1S/C7H16N2.C2H6/c1-5-7(2)6-9(4)8-3;1-2/h6,8H,5H2,1-4H3;1-2H3/b7-6+;. The van der Waals surface area contributed by atoms with Crippen LogP contribution in [0.15, 0.2) is 11.8 Å². The first-order valence-electron chi connectivity index (χ1n) is 4.28. The zero-order chi connectivity index (χ0) is 9.28. The van der Waals surface area contributed by atoms with Crippen molar-refractivity contribution in [2.75, 3.05) is 14.1 Å². The van der Waals surface area contributed by atoms with Gasteiger partial charge in [0.2, 0.25) is 0 Å². The van der Waals surface area contributed by atoms with Crippen LogP contribution in [0, 0.1) is 0 Å². The van der Waals surface area contributed by atoms with Crippen molar-refractivity contribution >= 4 is 0 Å². The fourth-order valence-corrected chi connectivity index (χ4v) is 0.486. The molecule has 1 N–H and O–H groups in total. The van der Waals surface area contributed by atoms with Gasteiger partial charge in [-0.3, -0.25) is 0 Å². The average molecular weight is 158 g/mol. The molecule has 0 saturated carbocycles. The van der Waals surface area contributed by atoms with E-state index in [1.54, 1.807) is 0 Å². The van der Waals surface area contributed by atoms with E-state index in [4.69, 9.17) is 0 Å². The van der Waals surface area contributed by atoms with Crippen LogP contribution < -0.4 is 5.43 Å². The molecule has 0 aromatic heterocycles. The third-order valence-corrected chi connectivity index (χ3v) is 1.32. The maximum atomic E-state index is 2.99. The molecule has 2 heteroatoms. The minimum atomic E-state index is 1.12. The quantitative estimate of drug-likeness (QED) is 0.634. The van der Waals surface area contributed by atoms with Gasteiger partial charge in [0, 0.05) is 20.3 Å². The number of hydrazine groups is 1. The first-order chi connectivity index (χ1) is 5.20. The Hall–Kier alpha value is -0.500. The Labute approximate surface area is 71.3 Å². The molecular formula is C9H22N2. The Morgan fingerprint density at radius 1 is 1.45 bits per heavy atom. The SMILES string of the molecule is CC.CC/C(C)=C/N(C)NC. The lowest BCUT2D eigenvalue weighted by molar-refractivity contribution is 0.361. The van der Waals surface area contributed by atoms with E-state index in [0.717, 1.165) is 6.42 Å². The van der Waals surface area contributed by atoms with Gasteiger partial charge in [0.05, 0.1) is 0 Å². The largest absolute Gasteiger partial charge is 0.319 e. The van der Waals surface area contributed by atoms with Crippen LogP contribution in [-0.4, -0.2) is 19.1 Å². The van der Waals surface area contributed by atoms with Crippen LogP contribution in [-0.2, 0) is 0 Å². The molecule has 11 heavy (non-hydrogen) atoms. The van der Waals surface area contributed by atoms with E-state index < -0.39 is 0 Å². The smallest absolute Gasteiger partial charge is 0.0225 e. The summed E-state index contributed by atoms with van der Waals surface area (Å²) < 4.78 is 0. The van der Waals surface area contributed by atoms with Gasteiger partial charge < -0.3 is 5.01 Å². The van der Waals surface area contributed by atoms with Gasteiger partial charge in [-0.15, -0.1) is 0 Å².